The van der Waals surface area contributed by atoms with E-state index in [0.717, 1.165) is 15.9 Å². The highest BCUT2D eigenvalue weighted by Gasteiger charge is 2.35. The lowest BCUT2D eigenvalue weighted by molar-refractivity contribution is -0.149. The number of hydrogen-bond acceptors (Lipinski definition) is 4. The first kappa shape index (κ1) is 18.4. The van der Waals surface area contributed by atoms with Crippen LogP contribution in [0.15, 0.2) is 6.07 Å². The second-order valence-electron chi connectivity index (χ2n) is 6.47. The number of nitrogens with zero attached hydrogens (tertiary/aromatic N) is 2. The van der Waals surface area contributed by atoms with E-state index in [9.17, 15) is 14.7 Å². The standard InChI is InChI=1S/C17H25N3O3S/c1-6-17(7-2,16(22)23)9-18-14(21)12-8-11-13(10(3)4)19-20(5)15(11)24-12/h8,10H,6-7,9H2,1-5H3,(H,18,21)(H,22,23). The van der Waals surface area contributed by atoms with Gasteiger partial charge in [0, 0.05) is 19.0 Å². The van der Waals surface area contributed by atoms with Gasteiger partial charge in [0.2, 0.25) is 0 Å². The van der Waals surface area contributed by atoms with Crippen LogP contribution in [0.3, 0.4) is 0 Å². The fraction of sp³-hybridized carbons (Fsp3) is 0.588. The average molecular weight is 351 g/mol. The van der Waals surface area contributed by atoms with Gasteiger partial charge in [-0.2, -0.15) is 5.10 Å². The Morgan fingerprint density at radius 1 is 1.38 bits per heavy atom. The number of aliphatic carboxylic acids is 1. The maximum absolute atomic E-state index is 12.5. The van der Waals surface area contributed by atoms with Crippen molar-refractivity contribution < 1.29 is 14.7 Å². The molecule has 0 saturated heterocycles. The van der Waals surface area contributed by atoms with Gasteiger partial charge in [-0.3, -0.25) is 14.3 Å². The highest BCUT2D eigenvalue weighted by molar-refractivity contribution is 7.20. The number of carboxylic acid groups (broad SMARTS) is 1. The van der Waals surface area contributed by atoms with Crippen molar-refractivity contribution in [3.05, 3.63) is 16.6 Å². The highest BCUT2D eigenvalue weighted by atomic mass is 32.1. The first-order valence-electron chi connectivity index (χ1n) is 8.23. The van der Waals surface area contributed by atoms with E-state index in [1.807, 2.05) is 27.0 Å². The smallest absolute Gasteiger partial charge is 0.311 e. The summed E-state index contributed by atoms with van der Waals surface area (Å²) in [6, 6.07) is 1.86. The number of fused-ring (bicyclic) bond motifs is 1. The number of hydrogen-bond donors (Lipinski definition) is 2. The van der Waals surface area contributed by atoms with E-state index in [4.69, 9.17) is 0 Å². The predicted octanol–water partition coefficient (Wildman–Crippen LogP) is 3.38. The molecular formula is C17H25N3O3S. The third-order valence-electron chi connectivity index (χ3n) is 4.71. The van der Waals surface area contributed by atoms with Gasteiger partial charge in [0.05, 0.1) is 16.0 Å². The van der Waals surface area contributed by atoms with E-state index in [-0.39, 0.29) is 18.4 Å². The normalized spacial score (nSPS) is 12.1. The van der Waals surface area contributed by atoms with Crippen molar-refractivity contribution in [1.29, 1.82) is 0 Å². The van der Waals surface area contributed by atoms with E-state index in [1.54, 1.807) is 4.68 Å². The first-order chi connectivity index (χ1) is 11.3. The summed E-state index contributed by atoms with van der Waals surface area (Å²) in [5.74, 6) is -0.812. The van der Waals surface area contributed by atoms with Crippen LogP contribution in [0.25, 0.3) is 10.2 Å². The molecule has 7 heteroatoms. The molecule has 0 radical (unpaired) electrons. The second kappa shape index (κ2) is 6.93. The van der Waals surface area contributed by atoms with Crippen molar-refractivity contribution in [3.8, 4) is 0 Å². The van der Waals surface area contributed by atoms with Crippen molar-refractivity contribution in [3.63, 3.8) is 0 Å². The van der Waals surface area contributed by atoms with Crippen molar-refractivity contribution in [1.82, 2.24) is 15.1 Å². The van der Waals surface area contributed by atoms with E-state index >= 15 is 0 Å². The zero-order valence-corrected chi connectivity index (χ0v) is 15.7. The molecule has 24 heavy (non-hydrogen) atoms. The van der Waals surface area contributed by atoms with Gasteiger partial charge in [-0.25, -0.2) is 0 Å². The number of aromatic nitrogens is 2. The summed E-state index contributed by atoms with van der Waals surface area (Å²) in [5, 5.41) is 17.8. The molecule has 0 saturated carbocycles. The zero-order valence-electron chi connectivity index (χ0n) is 14.8. The topological polar surface area (TPSA) is 84.2 Å². The molecule has 2 heterocycles. The van der Waals surface area contributed by atoms with Gasteiger partial charge in [0.15, 0.2) is 0 Å². The molecule has 0 fully saturated rings. The van der Waals surface area contributed by atoms with Gasteiger partial charge in [0.1, 0.15) is 4.83 Å². The molecule has 0 aliphatic heterocycles. The maximum atomic E-state index is 12.5. The van der Waals surface area contributed by atoms with Crippen LogP contribution in [0.4, 0.5) is 0 Å². The number of thiophene rings is 1. The summed E-state index contributed by atoms with van der Waals surface area (Å²) in [4.78, 5) is 25.6. The number of nitrogens with one attached hydrogen (secondary N) is 1. The van der Waals surface area contributed by atoms with E-state index < -0.39 is 11.4 Å². The minimum absolute atomic E-state index is 0.137. The zero-order chi connectivity index (χ0) is 18.1. The van der Waals surface area contributed by atoms with Crippen molar-refractivity contribution >= 4 is 33.4 Å². The number of amides is 1. The lowest BCUT2D eigenvalue weighted by Crippen LogP contribution is -2.42. The van der Waals surface area contributed by atoms with Crippen LogP contribution in [0.5, 0.6) is 0 Å². The van der Waals surface area contributed by atoms with Crippen LogP contribution in [-0.2, 0) is 11.8 Å². The average Bonchev–Trinajstić information content (AvgIpc) is 3.09. The molecule has 1 amide bonds. The summed E-state index contributed by atoms with van der Waals surface area (Å²) >= 11 is 1.39. The van der Waals surface area contributed by atoms with Gasteiger partial charge in [0.25, 0.3) is 5.91 Å². The van der Waals surface area contributed by atoms with Gasteiger partial charge in [-0.15, -0.1) is 11.3 Å². The summed E-state index contributed by atoms with van der Waals surface area (Å²) in [7, 11) is 1.87. The lowest BCUT2D eigenvalue weighted by Gasteiger charge is -2.26. The molecule has 0 spiro atoms. The van der Waals surface area contributed by atoms with Crippen molar-refractivity contribution in [2.75, 3.05) is 6.54 Å². The van der Waals surface area contributed by atoms with Crippen LogP contribution in [-0.4, -0.2) is 33.3 Å². The summed E-state index contributed by atoms with van der Waals surface area (Å²) < 4.78 is 1.80. The Balaban J connectivity index is 2.23. The molecule has 0 unspecified atom stereocenters. The number of aryl methyl sites for hydroxylation is 1. The fourth-order valence-electron chi connectivity index (χ4n) is 2.82. The Hall–Kier alpha value is -1.89. The van der Waals surface area contributed by atoms with E-state index in [0.29, 0.717) is 17.7 Å². The quantitative estimate of drug-likeness (QED) is 0.801. The third kappa shape index (κ3) is 3.17. The molecule has 0 atom stereocenters. The van der Waals surface area contributed by atoms with Crippen LogP contribution in [0.1, 0.15) is 61.8 Å². The van der Waals surface area contributed by atoms with E-state index in [2.05, 4.69) is 24.3 Å². The molecule has 2 N–H and O–H groups in total. The van der Waals surface area contributed by atoms with E-state index in [1.165, 1.54) is 11.3 Å². The summed E-state index contributed by atoms with van der Waals surface area (Å²) in [6.45, 7) is 7.96. The maximum Gasteiger partial charge on any atom is 0.311 e. The summed E-state index contributed by atoms with van der Waals surface area (Å²) in [6.07, 6.45) is 0.958. The van der Waals surface area contributed by atoms with Gasteiger partial charge in [-0.1, -0.05) is 27.7 Å². The minimum atomic E-state index is -0.906. The Morgan fingerprint density at radius 3 is 2.50 bits per heavy atom. The molecule has 0 bridgehead atoms. The molecule has 2 aromatic rings. The molecule has 6 nitrogen and oxygen atoms in total. The predicted molar refractivity (Wildman–Crippen MR) is 95.7 cm³/mol. The third-order valence-corrected chi connectivity index (χ3v) is 5.91. The van der Waals surface area contributed by atoms with Crippen LogP contribution < -0.4 is 5.32 Å². The Kier molecular flexibility index (Phi) is 5.32. The number of carbonyl (C=O) groups excluding carboxylic acids is 1. The molecule has 132 valence electrons. The van der Waals surface area contributed by atoms with Crippen LogP contribution in [0.2, 0.25) is 0 Å². The number of rotatable bonds is 7. The van der Waals surface area contributed by atoms with Crippen LogP contribution >= 0.6 is 11.3 Å². The van der Waals surface area contributed by atoms with Gasteiger partial charge >= 0.3 is 5.97 Å². The Morgan fingerprint density at radius 2 is 2.00 bits per heavy atom. The molecular weight excluding hydrogens is 326 g/mol. The minimum Gasteiger partial charge on any atom is -0.481 e. The Bertz CT molecular complexity index is 757. The SMILES string of the molecule is CCC(CC)(CNC(=O)c1cc2c(C(C)C)nn(C)c2s1)C(=O)O. The molecule has 0 aromatic carbocycles. The molecule has 0 aliphatic rings. The molecule has 2 rings (SSSR count). The van der Waals surface area contributed by atoms with Gasteiger partial charge < -0.3 is 10.4 Å². The van der Waals surface area contributed by atoms with Crippen LogP contribution in [0, 0.1) is 5.41 Å². The monoisotopic (exact) mass is 351 g/mol. The number of carbonyl (C=O) groups is 2. The first-order valence-corrected chi connectivity index (χ1v) is 9.05. The molecule has 2 aromatic heterocycles. The largest absolute Gasteiger partial charge is 0.481 e. The molecule has 0 aliphatic carbocycles. The fourth-order valence-corrected chi connectivity index (χ4v) is 3.82. The summed E-state index contributed by atoms with van der Waals surface area (Å²) in [5.41, 5.74) is 0.0709. The van der Waals surface area contributed by atoms with Crippen molar-refractivity contribution in [2.24, 2.45) is 12.5 Å². The van der Waals surface area contributed by atoms with Crippen molar-refractivity contribution in [2.45, 2.75) is 46.5 Å². The number of carboxylic acids is 1. The highest BCUT2D eigenvalue weighted by Crippen LogP contribution is 2.32. The second-order valence-corrected chi connectivity index (χ2v) is 7.50. The van der Waals surface area contributed by atoms with Gasteiger partial charge in [-0.05, 0) is 24.8 Å². The lowest BCUT2D eigenvalue weighted by atomic mass is 9.82. The Labute approximate surface area is 145 Å².